The normalized spacial score (nSPS) is 10.7. The summed E-state index contributed by atoms with van der Waals surface area (Å²) in [6, 6.07) is 6.08. The number of aromatic nitrogens is 3. The molecule has 0 atom stereocenters. The molecule has 0 fully saturated rings. The molecular weight excluding hydrogens is 322 g/mol. The van der Waals surface area contributed by atoms with Crippen molar-refractivity contribution in [3.63, 3.8) is 0 Å². The van der Waals surface area contributed by atoms with E-state index in [-0.39, 0.29) is 18.1 Å². The summed E-state index contributed by atoms with van der Waals surface area (Å²) in [5, 5.41) is 3.11. The van der Waals surface area contributed by atoms with E-state index in [4.69, 9.17) is 10.5 Å². The van der Waals surface area contributed by atoms with E-state index in [1.807, 2.05) is 39.0 Å². The molecule has 3 N–H and O–H groups in total. The second-order valence-electron chi connectivity index (χ2n) is 4.55. The highest BCUT2D eigenvalue weighted by molar-refractivity contribution is 9.10. The number of aryl methyl sites for hydroxylation is 1. The van der Waals surface area contributed by atoms with E-state index in [1.54, 1.807) is 0 Å². The fraction of sp³-hybridized carbons (Fsp3) is 0.308. The minimum absolute atomic E-state index is 0.0286. The van der Waals surface area contributed by atoms with Gasteiger partial charge in [0.05, 0.1) is 6.10 Å². The second kappa shape index (κ2) is 6.04. The topological polar surface area (TPSA) is 86.0 Å². The van der Waals surface area contributed by atoms with Crippen molar-refractivity contribution in [3.05, 3.63) is 28.2 Å². The highest BCUT2D eigenvalue weighted by atomic mass is 79.9. The van der Waals surface area contributed by atoms with Crippen LogP contribution in [0.2, 0.25) is 0 Å². The Morgan fingerprint density at radius 1 is 1.25 bits per heavy atom. The van der Waals surface area contributed by atoms with Crippen LogP contribution in [0.4, 0.5) is 17.6 Å². The van der Waals surface area contributed by atoms with Gasteiger partial charge >= 0.3 is 6.01 Å². The van der Waals surface area contributed by atoms with Crippen LogP contribution in [0.5, 0.6) is 6.01 Å². The summed E-state index contributed by atoms with van der Waals surface area (Å²) in [7, 11) is 0. The minimum Gasteiger partial charge on any atom is -0.461 e. The first-order valence-corrected chi connectivity index (χ1v) is 6.94. The zero-order chi connectivity index (χ0) is 14.7. The molecule has 0 bridgehead atoms. The van der Waals surface area contributed by atoms with Crippen LogP contribution in [0.25, 0.3) is 0 Å². The third-order valence-corrected chi connectivity index (χ3v) is 2.90. The summed E-state index contributed by atoms with van der Waals surface area (Å²) in [4.78, 5) is 12.2. The molecule has 1 heterocycles. The van der Waals surface area contributed by atoms with Gasteiger partial charge in [-0.05, 0) is 44.5 Å². The Bertz CT molecular complexity index is 618. The maximum Gasteiger partial charge on any atom is 0.323 e. The van der Waals surface area contributed by atoms with Gasteiger partial charge in [-0.25, -0.2) is 0 Å². The van der Waals surface area contributed by atoms with Crippen LogP contribution in [0.15, 0.2) is 22.7 Å². The van der Waals surface area contributed by atoms with Crippen molar-refractivity contribution in [2.45, 2.75) is 26.9 Å². The SMILES string of the molecule is Cc1cc(Br)ccc1Nc1nc(N)nc(OC(C)C)n1. The Labute approximate surface area is 125 Å². The molecule has 2 aromatic rings. The van der Waals surface area contributed by atoms with Gasteiger partial charge in [-0.2, -0.15) is 15.0 Å². The fourth-order valence-electron chi connectivity index (χ4n) is 1.58. The standard InChI is InChI=1S/C13H16BrN5O/c1-7(2)20-13-18-11(15)17-12(19-13)16-10-5-4-9(14)6-8(10)3/h4-7H,1-3H3,(H3,15,16,17,18,19). The van der Waals surface area contributed by atoms with Crippen molar-refractivity contribution >= 4 is 33.5 Å². The number of rotatable bonds is 4. The number of hydrogen-bond donors (Lipinski definition) is 2. The van der Waals surface area contributed by atoms with E-state index >= 15 is 0 Å². The van der Waals surface area contributed by atoms with Crippen LogP contribution in [-0.4, -0.2) is 21.1 Å². The number of nitrogens with zero attached hydrogens (tertiary/aromatic N) is 3. The number of benzene rings is 1. The number of nitrogens with two attached hydrogens (primary N) is 1. The minimum atomic E-state index is -0.0286. The predicted octanol–water partition coefficient (Wildman–Crippen LogP) is 3.06. The second-order valence-corrected chi connectivity index (χ2v) is 5.47. The van der Waals surface area contributed by atoms with E-state index in [1.165, 1.54) is 0 Å². The van der Waals surface area contributed by atoms with E-state index in [9.17, 15) is 0 Å². The third-order valence-electron chi connectivity index (χ3n) is 2.41. The van der Waals surface area contributed by atoms with Gasteiger partial charge in [-0.1, -0.05) is 15.9 Å². The number of hydrogen-bond acceptors (Lipinski definition) is 6. The molecule has 20 heavy (non-hydrogen) atoms. The summed E-state index contributed by atoms with van der Waals surface area (Å²) < 4.78 is 6.45. The van der Waals surface area contributed by atoms with Crippen LogP contribution in [0.3, 0.4) is 0 Å². The lowest BCUT2D eigenvalue weighted by molar-refractivity contribution is 0.222. The van der Waals surface area contributed by atoms with Gasteiger partial charge in [-0.15, -0.1) is 0 Å². The smallest absolute Gasteiger partial charge is 0.323 e. The van der Waals surface area contributed by atoms with Gasteiger partial charge in [0.2, 0.25) is 11.9 Å². The zero-order valence-electron chi connectivity index (χ0n) is 11.5. The molecule has 0 saturated heterocycles. The molecule has 1 aromatic carbocycles. The lowest BCUT2D eigenvalue weighted by atomic mass is 10.2. The van der Waals surface area contributed by atoms with Crippen LogP contribution in [0.1, 0.15) is 19.4 Å². The van der Waals surface area contributed by atoms with Crippen LogP contribution < -0.4 is 15.8 Å². The van der Waals surface area contributed by atoms with Crippen molar-refractivity contribution in [2.24, 2.45) is 0 Å². The Morgan fingerprint density at radius 3 is 2.65 bits per heavy atom. The molecule has 0 unspecified atom stereocenters. The number of ether oxygens (including phenoxy) is 1. The zero-order valence-corrected chi connectivity index (χ0v) is 13.1. The van der Waals surface area contributed by atoms with E-state index in [0.29, 0.717) is 5.95 Å². The van der Waals surface area contributed by atoms with Crippen molar-refractivity contribution in [2.75, 3.05) is 11.1 Å². The van der Waals surface area contributed by atoms with E-state index in [2.05, 4.69) is 36.2 Å². The molecule has 6 nitrogen and oxygen atoms in total. The number of nitrogens with one attached hydrogen (secondary N) is 1. The number of halogens is 1. The lowest BCUT2D eigenvalue weighted by Gasteiger charge is -2.11. The monoisotopic (exact) mass is 337 g/mol. The molecule has 2 rings (SSSR count). The molecular formula is C13H16BrN5O. The largest absolute Gasteiger partial charge is 0.461 e. The average Bonchev–Trinajstić information content (AvgIpc) is 2.31. The van der Waals surface area contributed by atoms with Crippen LogP contribution in [-0.2, 0) is 0 Å². The highest BCUT2D eigenvalue weighted by Gasteiger charge is 2.08. The van der Waals surface area contributed by atoms with E-state index < -0.39 is 0 Å². The Kier molecular flexibility index (Phi) is 4.39. The first kappa shape index (κ1) is 14.5. The maximum atomic E-state index is 5.66. The molecule has 0 saturated carbocycles. The molecule has 7 heteroatoms. The van der Waals surface area contributed by atoms with Crippen LogP contribution >= 0.6 is 15.9 Å². The summed E-state index contributed by atoms with van der Waals surface area (Å²) in [5.41, 5.74) is 7.62. The van der Waals surface area contributed by atoms with Gasteiger partial charge < -0.3 is 15.8 Å². The van der Waals surface area contributed by atoms with Gasteiger partial charge in [-0.3, -0.25) is 0 Å². The molecule has 106 valence electrons. The Morgan fingerprint density at radius 2 is 2.00 bits per heavy atom. The lowest BCUT2D eigenvalue weighted by Crippen LogP contribution is -2.12. The summed E-state index contributed by atoms with van der Waals surface area (Å²) in [6.45, 7) is 5.78. The average molecular weight is 338 g/mol. The molecule has 0 aliphatic heterocycles. The van der Waals surface area contributed by atoms with Gasteiger partial charge in [0.15, 0.2) is 0 Å². The van der Waals surface area contributed by atoms with Gasteiger partial charge in [0.25, 0.3) is 0 Å². The predicted molar refractivity (Wildman–Crippen MR) is 82.2 cm³/mol. The Hall–Kier alpha value is -1.89. The molecule has 0 aliphatic rings. The summed E-state index contributed by atoms with van der Waals surface area (Å²) in [5.74, 6) is 0.478. The van der Waals surface area contributed by atoms with Gasteiger partial charge in [0.1, 0.15) is 0 Å². The highest BCUT2D eigenvalue weighted by Crippen LogP contribution is 2.23. The molecule has 0 aliphatic carbocycles. The Balaban J connectivity index is 2.26. The van der Waals surface area contributed by atoms with Crippen molar-refractivity contribution in [1.82, 2.24) is 15.0 Å². The number of nitrogen functional groups attached to an aromatic ring is 1. The quantitative estimate of drug-likeness (QED) is 0.891. The van der Waals surface area contributed by atoms with Crippen molar-refractivity contribution < 1.29 is 4.74 Å². The number of anilines is 3. The van der Waals surface area contributed by atoms with Crippen LogP contribution in [0, 0.1) is 6.92 Å². The first-order chi connectivity index (χ1) is 9.44. The molecule has 0 radical (unpaired) electrons. The molecule has 1 aromatic heterocycles. The summed E-state index contributed by atoms with van der Waals surface area (Å²) >= 11 is 3.42. The van der Waals surface area contributed by atoms with Crippen molar-refractivity contribution in [3.8, 4) is 6.01 Å². The van der Waals surface area contributed by atoms with E-state index in [0.717, 1.165) is 15.7 Å². The summed E-state index contributed by atoms with van der Waals surface area (Å²) in [6.07, 6.45) is -0.0286. The molecule has 0 spiro atoms. The maximum absolute atomic E-state index is 5.66. The van der Waals surface area contributed by atoms with Crippen molar-refractivity contribution in [1.29, 1.82) is 0 Å². The fourth-order valence-corrected chi connectivity index (χ4v) is 2.05. The molecule has 0 amide bonds. The van der Waals surface area contributed by atoms with Gasteiger partial charge in [0, 0.05) is 10.2 Å². The third kappa shape index (κ3) is 3.80. The first-order valence-electron chi connectivity index (χ1n) is 6.15.